The number of anilines is 1. The Kier molecular flexibility index (Phi) is 5.25. The molecule has 2 aromatic heterocycles. The van der Waals surface area contributed by atoms with E-state index in [4.69, 9.17) is 4.52 Å². The van der Waals surface area contributed by atoms with Crippen LogP contribution in [-0.4, -0.2) is 57.1 Å². The van der Waals surface area contributed by atoms with Gasteiger partial charge in [0.15, 0.2) is 0 Å². The van der Waals surface area contributed by atoms with Gasteiger partial charge in [-0.05, 0) is 31.8 Å². The molecule has 0 saturated carbocycles. The highest BCUT2D eigenvalue weighted by Gasteiger charge is 2.25. The van der Waals surface area contributed by atoms with E-state index in [-0.39, 0.29) is 5.91 Å². The second kappa shape index (κ2) is 7.58. The molecule has 0 spiro atoms. The summed E-state index contributed by atoms with van der Waals surface area (Å²) in [5.41, 5.74) is 2.06. The lowest BCUT2D eigenvalue weighted by molar-refractivity contribution is 0.0764. The van der Waals surface area contributed by atoms with Crippen LogP contribution in [0.25, 0.3) is 0 Å². The summed E-state index contributed by atoms with van der Waals surface area (Å²) in [6.45, 7) is 8.57. The van der Waals surface area contributed by atoms with Crippen molar-refractivity contribution in [3.63, 3.8) is 0 Å². The molecule has 0 radical (unpaired) electrons. The Morgan fingerprint density at radius 2 is 1.92 bits per heavy atom. The van der Waals surface area contributed by atoms with Crippen LogP contribution >= 0.6 is 0 Å². The lowest BCUT2D eigenvalue weighted by atomic mass is 10.1. The van der Waals surface area contributed by atoms with Crippen molar-refractivity contribution < 1.29 is 9.32 Å². The number of hydrogen-bond donors (Lipinski definition) is 0. The molecule has 0 N–H and O–H groups in total. The van der Waals surface area contributed by atoms with Gasteiger partial charge < -0.3 is 14.3 Å². The van der Waals surface area contributed by atoms with E-state index in [2.05, 4.69) is 31.9 Å². The molecule has 8 nitrogen and oxygen atoms in total. The second-order valence-electron chi connectivity index (χ2n) is 6.29. The average Bonchev–Trinajstić information content (AvgIpc) is 2.90. The molecule has 1 aliphatic heterocycles. The molecule has 0 aromatic carbocycles. The molecule has 1 aliphatic rings. The zero-order valence-corrected chi connectivity index (χ0v) is 15.0. The van der Waals surface area contributed by atoms with E-state index in [0.717, 1.165) is 37.2 Å². The van der Waals surface area contributed by atoms with Crippen molar-refractivity contribution >= 4 is 11.9 Å². The van der Waals surface area contributed by atoms with E-state index in [1.807, 2.05) is 18.7 Å². The van der Waals surface area contributed by atoms with E-state index in [9.17, 15) is 4.79 Å². The molecule has 3 rings (SSSR count). The highest BCUT2D eigenvalue weighted by Crippen LogP contribution is 2.17. The first-order valence-corrected chi connectivity index (χ1v) is 8.75. The number of rotatable bonds is 4. The Labute approximate surface area is 147 Å². The van der Waals surface area contributed by atoms with Crippen molar-refractivity contribution in [2.24, 2.45) is 0 Å². The summed E-state index contributed by atoms with van der Waals surface area (Å²) in [5.74, 6) is 1.28. The van der Waals surface area contributed by atoms with Gasteiger partial charge in [-0.1, -0.05) is 6.92 Å². The summed E-state index contributed by atoms with van der Waals surface area (Å²) in [5, 5.41) is 4.07. The minimum Gasteiger partial charge on any atom is -0.337 e. The molecule has 0 atom stereocenters. The number of hydrogen-bond acceptors (Lipinski definition) is 7. The summed E-state index contributed by atoms with van der Waals surface area (Å²) in [4.78, 5) is 29.6. The predicted molar refractivity (Wildman–Crippen MR) is 92.5 cm³/mol. The maximum Gasteiger partial charge on any atom is 0.266 e. The third kappa shape index (κ3) is 3.78. The number of aromatic nitrogens is 4. The van der Waals surface area contributed by atoms with Gasteiger partial charge in [-0.25, -0.2) is 9.97 Å². The maximum atomic E-state index is 12.9. The largest absolute Gasteiger partial charge is 0.337 e. The molecule has 25 heavy (non-hydrogen) atoms. The molecule has 1 amide bonds. The lowest BCUT2D eigenvalue weighted by Crippen LogP contribution is -2.36. The Hall–Kier alpha value is -2.51. The van der Waals surface area contributed by atoms with E-state index in [1.165, 1.54) is 6.33 Å². The average molecular weight is 344 g/mol. The fourth-order valence-electron chi connectivity index (χ4n) is 3.07. The van der Waals surface area contributed by atoms with Gasteiger partial charge in [-0.2, -0.15) is 4.98 Å². The van der Waals surface area contributed by atoms with E-state index < -0.39 is 0 Å². The molecule has 0 unspecified atom stereocenters. The quantitative estimate of drug-likeness (QED) is 0.835. The fraction of sp³-hybridized carbons (Fsp3) is 0.588. The third-order valence-electron chi connectivity index (χ3n) is 4.43. The van der Waals surface area contributed by atoms with Gasteiger partial charge in [0.05, 0.1) is 17.0 Å². The molecule has 2 aromatic rings. The Morgan fingerprint density at radius 1 is 1.16 bits per heavy atom. The van der Waals surface area contributed by atoms with Crippen molar-refractivity contribution in [2.45, 2.75) is 40.0 Å². The molecule has 3 heterocycles. The zero-order chi connectivity index (χ0) is 17.8. The van der Waals surface area contributed by atoms with Crippen LogP contribution in [0.5, 0.6) is 0 Å². The van der Waals surface area contributed by atoms with Crippen LogP contribution in [0, 0.1) is 13.8 Å². The molecule has 8 heteroatoms. The van der Waals surface area contributed by atoms with Crippen molar-refractivity contribution in [1.29, 1.82) is 0 Å². The summed E-state index contributed by atoms with van der Waals surface area (Å²) in [6.07, 6.45) is 4.12. The highest BCUT2D eigenvalue weighted by atomic mass is 16.5. The molecule has 1 saturated heterocycles. The van der Waals surface area contributed by atoms with Crippen molar-refractivity contribution in [3.05, 3.63) is 29.2 Å². The van der Waals surface area contributed by atoms with Crippen molar-refractivity contribution in [3.8, 4) is 0 Å². The van der Waals surface area contributed by atoms with E-state index in [1.54, 1.807) is 0 Å². The SMILES string of the molecule is CCCc1nc(N2CCCN(C(=O)c3c(C)ncnc3C)CC2)no1. The number of carbonyl (C=O) groups excluding carboxylic acids is 1. The standard InChI is InChI=1S/C17H24N6O2/c1-4-6-14-20-17(21-25-14)23-8-5-7-22(9-10-23)16(24)15-12(2)18-11-19-13(15)3/h11H,4-10H2,1-3H3. The Balaban J connectivity index is 1.69. The minimum atomic E-state index is -0.00256. The maximum absolute atomic E-state index is 12.9. The number of amides is 1. The Morgan fingerprint density at radius 3 is 2.64 bits per heavy atom. The minimum absolute atomic E-state index is 0.00256. The summed E-state index contributed by atoms with van der Waals surface area (Å²) < 4.78 is 5.27. The van der Waals surface area contributed by atoms with Gasteiger partial charge in [0.1, 0.15) is 6.33 Å². The van der Waals surface area contributed by atoms with Gasteiger partial charge in [0, 0.05) is 32.6 Å². The topological polar surface area (TPSA) is 88.3 Å². The summed E-state index contributed by atoms with van der Waals surface area (Å²) >= 11 is 0. The van der Waals surface area contributed by atoms with Crippen LogP contribution in [-0.2, 0) is 6.42 Å². The first kappa shape index (κ1) is 17.3. The number of aryl methyl sites for hydroxylation is 3. The normalized spacial score (nSPS) is 15.3. The third-order valence-corrected chi connectivity index (χ3v) is 4.43. The summed E-state index contributed by atoms with van der Waals surface area (Å²) in [6, 6.07) is 0. The van der Waals surface area contributed by atoms with Crippen LogP contribution in [0.1, 0.15) is 47.4 Å². The van der Waals surface area contributed by atoms with Gasteiger partial charge in [-0.15, -0.1) is 0 Å². The van der Waals surface area contributed by atoms with Gasteiger partial charge in [0.25, 0.3) is 11.9 Å². The van der Waals surface area contributed by atoms with E-state index in [0.29, 0.717) is 37.0 Å². The monoisotopic (exact) mass is 344 g/mol. The first-order valence-electron chi connectivity index (χ1n) is 8.75. The molecule has 0 aliphatic carbocycles. The molecule has 1 fully saturated rings. The Bertz CT molecular complexity index is 724. The van der Waals surface area contributed by atoms with Crippen molar-refractivity contribution in [2.75, 3.05) is 31.1 Å². The van der Waals surface area contributed by atoms with Crippen LogP contribution in [0.4, 0.5) is 5.95 Å². The van der Waals surface area contributed by atoms with Crippen LogP contribution in [0.3, 0.4) is 0 Å². The van der Waals surface area contributed by atoms with Crippen LogP contribution in [0.2, 0.25) is 0 Å². The smallest absolute Gasteiger partial charge is 0.266 e. The van der Waals surface area contributed by atoms with Crippen LogP contribution < -0.4 is 4.90 Å². The number of nitrogens with zero attached hydrogens (tertiary/aromatic N) is 6. The van der Waals surface area contributed by atoms with Crippen LogP contribution in [0.15, 0.2) is 10.9 Å². The summed E-state index contributed by atoms with van der Waals surface area (Å²) in [7, 11) is 0. The molecule has 134 valence electrons. The van der Waals surface area contributed by atoms with Gasteiger partial charge >= 0.3 is 0 Å². The first-order chi connectivity index (χ1) is 12.1. The zero-order valence-electron chi connectivity index (χ0n) is 15.0. The second-order valence-corrected chi connectivity index (χ2v) is 6.29. The van der Waals surface area contributed by atoms with E-state index >= 15 is 0 Å². The molecule has 0 bridgehead atoms. The molecular formula is C17H24N6O2. The fourth-order valence-corrected chi connectivity index (χ4v) is 3.07. The van der Waals surface area contributed by atoms with Gasteiger partial charge in [-0.3, -0.25) is 4.79 Å². The van der Waals surface area contributed by atoms with Gasteiger partial charge in [0.2, 0.25) is 5.89 Å². The predicted octanol–water partition coefficient (Wildman–Crippen LogP) is 1.78. The van der Waals surface area contributed by atoms with Crippen molar-refractivity contribution in [1.82, 2.24) is 25.0 Å². The highest BCUT2D eigenvalue weighted by molar-refractivity contribution is 5.96. The number of carbonyl (C=O) groups is 1. The molecular weight excluding hydrogens is 320 g/mol. The lowest BCUT2D eigenvalue weighted by Gasteiger charge is -2.22.